The van der Waals surface area contributed by atoms with Crippen LogP contribution in [-0.2, 0) is 0 Å². The fourth-order valence-electron chi connectivity index (χ4n) is 3.57. The summed E-state index contributed by atoms with van der Waals surface area (Å²) >= 11 is 0. The summed E-state index contributed by atoms with van der Waals surface area (Å²) in [5.74, 6) is 0.343. The van der Waals surface area contributed by atoms with E-state index in [1.54, 1.807) is 42.5 Å². The van der Waals surface area contributed by atoms with Gasteiger partial charge < -0.3 is 19.5 Å². The largest absolute Gasteiger partial charge is 0.497 e. The Morgan fingerprint density at radius 1 is 0.943 bits per heavy atom. The second-order valence-corrected chi connectivity index (χ2v) is 7.24. The maximum atomic E-state index is 13.4. The Bertz CT molecular complexity index is 1510. The van der Waals surface area contributed by atoms with Gasteiger partial charge in [0.2, 0.25) is 0 Å². The summed E-state index contributed by atoms with van der Waals surface area (Å²) < 4.78 is 16.9. The third-order valence-electron chi connectivity index (χ3n) is 5.28. The summed E-state index contributed by atoms with van der Waals surface area (Å²) in [4.78, 5) is 37.3. The van der Waals surface area contributed by atoms with E-state index < -0.39 is 16.4 Å². The van der Waals surface area contributed by atoms with Gasteiger partial charge in [-0.25, -0.2) is 0 Å². The lowest BCUT2D eigenvalue weighted by atomic mass is 10.1. The highest BCUT2D eigenvalue weighted by Crippen LogP contribution is 2.30. The first kappa shape index (κ1) is 23.2. The lowest BCUT2D eigenvalue weighted by Crippen LogP contribution is -2.27. The molecule has 11 heteroatoms. The summed E-state index contributed by atoms with van der Waals surface area (Å²) in [6, 6.07) is 15.2. The maximum absolute atomic E-state index is 13.4. The molecule has 11 nitrogen and oxygen atoms in total. The predicted octanol–water partition coefficient (Wildman–Crippen LogP) is 3.57. The summed E-state index contributed by atoms with van der Waals surface area (Å²) in [5, 5.41) is 18.7. The van der Waals surface area contributed by atoms with Gasteiger partial charge >= 0.3 is 0 Å². The number of anilines is 1. The highest BCUT2D eigenvalue weighted by molar-refractivity contribution is 6.11. The second kappa shape index (κ2) is 9.51. The minimum Gasteiger partial charge on any atom is -0.497 e. The van der Waals surface area contributed by atoms with Crippen LogP contribution in [0.15, 0.2) is 65.5 Å². The van der Waals surface area contributed by atoms with Crippen LogP contribution in [0.5, 0.6) is 17.2 Å². The highest BCUT2D eigenvalue weighted by Gasteiger charge is 2.21. The molecule has 0 saturated carbocycles. The third kappa shape index (κ3) is 4.34. The maximum Gasteiger partial charge on any atom is 0.279 e. The Hall–Kier alpha value is -4.93. The van der Waals surface area contributed by atoms with Gasteiger partial charge in [0.15, 0.2) is 5.69 Å². The number of fused-ring (bicyclic) bond motifs is 1. The van der Waals surface area contributed by atoms with Crippen LogP contribution in [0.25, 0.3) is 16.5 Å². The number of nitrogens with zero attached hydrogens (tertiary/aromatic N) is 3. The molecule has 0 bridgehead atoms. The van der Waals surface area contributed by atoms with Gasteiger partial charge in [0.1, 0.15) is 22.9 Å². The van der Waals surface area contributed by atoms with Crippen molar-refractivity contribution in [3.8, 4) is 22.9 Å². The average Bonchev–Trinajstić information content (AvgIpc) is 2.88. The number of nitrogens with one attached hydrogen (secondary N) is 1. The van der Waals surface area contributed by atoms with Crippen molar-refractivity contribution < 1.29 is 23.9 Å². The molecule has 1 amide bonds. The highest BCUT2D eigenvalue weighted by atomic mass is 16.6. The number of hydrogen-bond acceptors (Lipinski definition) is 8. The molecule has 0 saturated heterocycles. The van der Waals surface area contributed by atoms with Crippen molar-refractivity contribution in [1.82, 2.24) is 9.78 Å². The second-order valence-electron chi connectivity index (χ2n) is 7.24. The molecule has 3 aromatic carbocycles. The van der Waals surface area contributed by atoms with Crippen molar-refractivity contribution in [2.24, 2.45) is 0 Å². The van der Waals surface area contributed by atoms with E-state index in [2.05, 4.69) is 10.4 Å². The van der Waals surface area contributed by atoms with E-state index in [1.807, 2.05) is 0 Å². The molecule has 0 radical (unpaired) electrons. The molecule has 1 aromatic heterocycles. The number of benzene rings is 3. The van der Waals surface area contributed by atoms with Crippen molar-refractivity contribution in [2.75, 3.05) is 26.6 Å². The van der Waals surface area contributed by atoms with Gasteiger partial charge in [-0.05, 0) is 24.3 Å². The van der Waals surface area contributed by atoms with Crippen molar-refractivity contribution in [1.29, 1.82) is 0 Å². The first-order valence-corrected chi connectivity index (χ1v) is 10.3. The van der Waals surface area contributed by atoms with Gasteiger partial charge in [-0.15, -0.1) is 0 Å². The number of carbonyl (C=O) groups is 1. The van der Waals surface area contributed by atoms with E-state index in [0.717, 1.165) is 4.68 Å². The zero-order chi connectivity index (χ0) is 25.1. The van der Waals surface area contributed by atoms with Crippen molar-refractivity contribution in [3.63, 3.8) is 0 Å². The van der Waals surface area contributed by atoms with Crippen molar-refractivity contribution in [3.05, 3.63) is 86.8 Å². The third-order valence-corrected chi connectivity index (χ3v) is 5.28. The molecular weight excluding hydrogens is 456 g/mol. The number of amides is 1. The number of hydrogen-bond donors (Lipinski definition) is 1. The SMILES string of the molecule is COc1ccc(-n2nc(C(=O)Nc3cc([N+](=O)[O-])ccc3OC)c3ccccc3c2=O)c(OC)c1. The number of nitro groups is 1. The molecule has 0 atom stereocenters. The predicted molar refractivity (Wildman–Crippen MR) is 128 cm³/mol. The number of ether oxygens (including phenoxy) is 3. The first-order chi connectivity index (χ1) is 16.9. The minimum atomic E-state index is -0.693. The van der Waals surface area contributed by atoms with Crippen LogP contribution in [0, 0.1) is 10.1 Å². The molecule has 4 aromatic rings. The molecule has 0 fully saturated rings. The lowest BCUT2D eigenvalue weighted by molar-refractivity contribution is -0.384. The monoisotopic (exact) mass is 476 g/mol. The zero-order valence-corrected chi connectivity index (χ0v) is 19.0. The number of rotatable bonds is 7. The van der Waals surface area contributed by atoms with Gasteiger partial charge in [0.05, 0.1) is 37.3 Å². The summed E-state index contributed by atoms with van der Waals surface area (Å²) in [6.45, 7) is 0. The summed E-state index contributed by atoms with van der Waals surface area (Å²) in [6.07, 6.45) is 0. The molecule has 4 rings (SSSR count). The smallest absolute Gasteiger partial charge is 0.279 e. The Balaban J connectivity index is 1.89. The number of non-ortho nitro benzene ring substituents is 1. The van der Waals surface area contributed by atoms with Gasteiger partial charge in [-0.2, -0.15) is 9.78 Å². The lowest BCUT2D eigenvalue weighted by Gasteiger charge is -2.15. The van der Waals surface area contributed by atoms with E-state index in [1.165, 1.54) is 39.5 Å². The Kier molecular flexibility index (Phi) is 6.32. The molecule has 178 valence electrons. The zero-order valence-electron chi connectivity index (χ0n) is 19.0. The van der Waals surface area contributed by atoms with Gasteiger partial charge in [-0.3, -0.25) is 19.7 Å². The quantitative estimate of drug-likeness (QED) is 0.316. The van der Waals surface area contributed by atoms with E-state index in [0.29, 0.717) is 22.6 Å². The number of carbonyl (C=O) groups excluding carboxylic acids is 1. The van der Waals surface area contributed by atoms with Gasteiger partial charge in [0, 0.05) is 23.6 Å². The standard InChI is InChI=1S/C24H20N4O7/c1-33-15-9-10-19(21(13-15)35-3)27-24(30)17-7-5-4-6-16(17)22(26-27)23(29)25-18-12-14(28(31)32)8-11-20(18)34-2/h4-13H,1-3H3,(H,25,29). The van der Waals surface area contributed by atoms with Crippen molar-refractivity contribution in [2.45, 2.75) is 0 Å². The molecular formula is C24H20N4O7. The minimum absolute atomic E-state index is 0.0772. The molecule has 0 spiro atoms. The van der Waals surface area contributed by atoms with E-state index in [9.17, 15) is 19.7 Å². The van der Waals surface area contributed by atoms with Gasteiger partial charge in [0.25, 0.3) is 17.2 Å². The van der Waals surface area contributed by atoms with Crippen LogP contribution in [0.1, 0.15) is 10.5 Å². The number of methoxy groups -OCH3 is 3. The van der Waals surface area contributed by atoms with E-state index in [4.69, 9.17) is 14.2 Å². The Labute approximate surface area is 198 Å². The van der Waals surface area contributed by atoms with E-state index >= 15 is 0 Å². The fraction of sp³-hybridized carbons (Fsp3) is 0.125. The molecule has 1 heterocycles. The van der Waals surface area contributed by atoms with Crippen LogP contribution in [0.4, 0.5) is 11.4 Å². The van der Waals surface area contributed by atoms with Crippen LogP contribution >= 0.6 is 0 Å². The topological polar surface area (TPSA) is 135 Å². The van der Waals surface area contributed by atoms with E-state index in [-0.39, 0.29) is 28.2 Å². The van der Waals surface area contributed by atoms with Crippen LogP contribution in [0.2, 0.25) is 0 Å². The normalized spacial score (nSPS) is 10.6. The number of nitro benzene ring substituents is 1. The molecule has 0 unspecified atom stereocenters. The summed E-state index contributed by atoms with van der Waals surface area (Å²) in [7, 11) is 4.31. The van der Waals surface area contributed by atoms with Crippen LogP contribution in [0.3, 0.4) is 0 Å². The fourth-order valence-corrected chi connectivity index (χ4v) is 3.57. The van der Waals surface area contributed by atoms with Gasteiger partial charge in [-0.1, -0.05) is 18.2 Å². The molecule has 1 N–H and O–H groups in total. The molecule has 0 aliphatic carbocycles. The average molecular weight is 476 g/mol. The first-order valence-electron chi connectivity index (χ1n) is 10.3. The Morgan fingerprint density at radius 3 is 2.31 bits per heavy atom. The van der Waals surface area contributed by atoms with Crippen molar-refractivity contribution >= 4 is 28.1 Å². The van der Waals surface area contributed by atoms with Crippen LogP contribution in [-0.4, -0.2) is 41.9 Å². The van der Waals surface area contributed by atoms with Crippen LogP contribution < -0.4 is 25.1 Å². The summed E-state index contributed by atoms with van der Waals surface area (Å²) in [5.41, 5.74) is -0.393. The molecule has 35 heavy (non-hydrogen) atoms. The molecule has 0 aliphatic rings. The Morgan fingerprint density at radius 2 is 1.66 bits per heavy atom. The number of aromatic nitrogens is 2. The molecule has 0 aliphatic heterocycles.